The molecule has 16 heavy (non-hydrogen) atoms. The lowest BCUT2D eigenvalue weighted by Crippen LogP contribution is -2.37. The predicted octanol–water partition coefficient (Wildman–Crippen LogP) is 4.01. The zero-order valence-corrected chi connectivity index (χ0v) is 12.2. The van der Waals surface area contributed by atoms with Gasteiger partial charge in [-0.05, 0) is 30.9 Å². The van der Waals surface area contributed by atoms with Gasteiger partial charge in [-0.15, -0.1) is 0 Å². The first-order valence-electron chi connectivity index (χ1n) is 6.00. The van der Waals surface area contributed by atoms with E-state index in [-0.39, 0.29) is 0 Å². The van der Waals surface area contributed by atoms with Crippen molar-refractivity contribution in [2.24, 2.45) is 5.92 Å². The Hall–Kier alpha value is -0.340. The van der Waals surface area contributed by atoms with Crippen molar-refractivity contribution < 1.29 is 0 Å². The first-order valence-corrected chi connectivity index (χ1v) is 6.79. The topological polar surface area (TPSA) is 12.0 Å². The molecule has 0 heterocycles. The molecule has 2 unspecified atom stereocenters. The van der Waals surface area contributed by atoms with E-state index in [4.69, 9.17) is 0 Å². The third-order valence-electron chi connectivity index (χ3n) is 2.95. The average molecular weight is 284 g/mol. The van der Waals surface area contributed by atoms with Gasteiger partial charge in [0, 0.05) is 16.6 Å². The van der Waals surface area contributed by atoms with Crippen molar-refractivity contribution in [3.63, 3.8) is 0 Å². The van der Waals surface area contributed by atoms with E-state index in [0.717, 1.165) is 6.42 Å². The fourth-order valence-corrected chi connectivity index (χ4v) is 2.32. The third-order valence-corrected chi connectivity index (χ3v) is 3.72. The molecule has 0 aromatic heterocycles. The molecule has 0 aliphatic carbocycles. The summed E-state index contributed by atoms with van der Waals surface area (Å²) in [5, 5.41) is 3.57. The molecule has 0 bridgehead atoms. The number of rotatable bonds is 5. The fourth-order valence-electron chi connectivity index (χ4n) is 1.88. The Morgan fingerprint density at radius 1 is 1.12 bits per heavy atom. The van der Waals surface area contributed by atoms with Crippen LogP contribution in [0, 0.1) is 5.92 Å². The van der Waals surface area contributed by atoms with E-state index < -0.39 is 0 Å². The van der Waals surface area contributed by atoms with Gasteiger partial charge in [0.25, 0.3) is 0 Å². The lowest BCUT2D eigenvalue weighted by molar-refractivity contribution is 0.372. The van der Waals surface area contributed by atoms with Gasteiger partial charge in [-0.1, -0.05) is 54.9 Å². The SMILES string of the molecule is CC(C)NC(C)C(C)Cc1ccccc1Br. The largest absolute Gasteiger partial charge is 0.312 e. The zero-order valence-electron chi connectivity index (χ0n) is 10.6. The van der Waals surface area contributed by atoms with Crippen LogP contribution in [-0.2, 0) is 6.42 Å². The van der Waals surface area contributed by atoms with Gasteiger partial charge in [0.1, 0.15) is 0 Å². The fraction of sp³-hybridized carbons (Fsp3) is 0.571. The second-order valence-electron chi connectivity index (χ2n) is 4.88. The van der Waals surface area contributed by atoms with E-state index in [0.29, 0.717) is 18.0 Å². The summed E-state index contributed by atoms with van der Waals surface area (Å²) in [6, 6.07) is 9.58. The van der Waals surface area contributed by atoms with Crippen molar-refractivity contribution in [2.45, 2.75) is 46.2 Å². The number of hydrogen-bond donors (Lipinski definition) is 1. The molecule has 0 saturated heterocycles. The van der Waals surface area contributed by atoms with Crippen molar-refractivity contribution in [3.8, 4) is 0 Å². The van der Waals surface area contributed by atoms with Crippen LogP contribution in [0.1, 0.15) is 33.3 Å². The Bertz CT molecular complexity index is 322. The van der Waals surface area contributed by atoms with Crippen molar-refractivity contribution >= 4 is 15.9 Å². The molecular formula is C14H22BrN. The summed E-state index contributed by atoms with van der Waals surface area (Å²) in [6.07, 6.45) is 1.11. The van der Waals surface area contributed by atoms with Gasteiger partial charge in [-0.3, -0.25) is 0 Å². The van der Waals surface area contributed by atoms with E-state index in [1.165, 1.54) is 10.0 Å². The minimum atomic E-state index is 0.548. The van der Waals surface area contributed by atoms with Crippen LogP contribution in [-0.4, -0.2) is 12.1 Å². The van der Waals surface area contributed by atoms with Crippen molar-refractivity contribution in [3.05, 3.63) is 34.3 Å². The highest BCUT2D eigenvalue weighted by atomic mass is 79.9. The third kappa shape index (κ3) is 4.26. The van der Waals surface area contributed by atoms with Crippen LogP contribution in [0.4, 0.5) is 0 Å². The molecule has 0 amide bonds. The van der Waals surface area contributed by atoms with Crippen LogP contribution in [0.5, 0.6) is 0 Å². The molecule has 0 radical (unpaired) electrons. The molecule has 1 N–H and O–H groups in total. The maximum Gasteiger partial charge on any atom is 0.0207 e. The zero-order chi connectivity index (χ0) is 12.1. The summed E-state index contributed by atoms with van der Waals surface area (Å²) < 4.78 is 1.22. The molecule has 1 aromatic rings. The molecule has 1 nitrogen and oxygen atoms in total. The van der Waals surface area contributed by atoms with Crippen LogP contribution >= 0.6 is 15.9 Å². The lowest BCUT2D eigenvalue weighted by atomic mass is 9.94. The minimum absolute atomic E-state index is 0.548. The second-order valence-corrected chi connectivity index (χ2v) is 5.74. The lowest BCUT2D eigenvalue weighted by Gasteiger charge is -2.24. The first kappa shape index (κ1) is 13.7. The smallest absolute Gasteiger partial charge is 0.0207 e. The van der Waals surface area contributed by atoms with Gasteiger partial charge in [-0.2, -0.15) is 0 Å². The first-order chi connectivity index (χ1) is 7.50. The maximum atomic E-state index is 3.60. The summed E-state index contributed by atoms with van der Waals surface area (Å²) in [6.45, 7) is 8.96. The Balaban J connectivity index is 2.57. The van der Waals surface area contributed by atoms with Gasteiger partial charge < -0.3 is 5.32 Å². The molecule has 0 saturated carbocycles. The predicted molar refractivity (Wildman–Crippen MR) is 74.7 cm³/mol. The molecule has 90 valence electrons. The highest BCUT2D eigenvalue weighted by Gasteiger charge is 2.14. The molecule has 2 atom stereocenters. The highest BCUT2D eigenvalue weighted by molar-refractivity contribution is 9.10. The van der Waals surface area contributed by atoms with E-state index in [9.17, 15) is 0 Å². The molecule has 2 heteroatoms. The van der Waals surface area contributed by atoms with Crippen LogP contribution < -0.4 is 5.32 Å². The van der Waals surface area contributed by atoms with E-state index in [2.05, 4.69) is 73.2 Å². The Morgan fingerprint density at radius 2 is 1.75 bits per heavy atom. The van der Waals surface area contributed by atoms with Crippen LogP contribution in [0.15, 0.2) is 28.7 Å². The summed E-state index contributed by atoms with van der Waals surface area (Å²) in [5.74, 6) is 0.640. The van der Waals surface area contributed by atoms with E-state index >= 15 is 0 Å². The van der Waals surface area contributed by atoms with Crippen LogP contribution in [0.25, 0.3) is 0 Å². The maximum absolute atomic E-state index is 3.60. The van der Waals surface area contributed by atoms with Gasteiger partial charge in [0.05, 0.1) is 0 Å². The molecular weight excluding hydrogens is 262 g/mol. The standard InChI is InChI=1S/C14H22BrN/c1-10(2)16-12(4)11(3)9-13-7-5-6-8-14(13)15/h5-8,10-12,16H,9H2,1-4H3. The number of hydrogen-bond acceptors (Lipinski definition) is 1. The average Bonchev–Trinajstić information content (AvgIpc) is 2.20. The van der Waals surface area contributed by atoms with Gasteiger partial charge in [0.2, 0.25) is 0 Å². The quantitative estimate of drug-likeness (QED) is 0.861. The second kappa shape index (κ2) is 6.41. The Kier molecular flexibility index (Phi) is 5.50. The van der Waals surface area contributed by atoms with Crippen molar-refractivity contribution in [1.82, 2.24) is 5.32 Å². The molecule has 1 aromatic carbocycles. The van der Waals surface area contributed by atoms with E-state index in [1.54, 1.807) is 0 Å². The number of nitrogens with one attached hydrogen (secondary N) is 1. The van der Waals surface area contributed by atoms with Gasteiger partial charge >= 0.3 is 0 Å². The van der Waals surface area contributed by atoms with Gasteiger partial charge in [-0.25, -0.2) is 0 Å². The molecule has 0 spiro atoms. The highest BCUT2D eigenvalue weighted by Crippen LogP contribution is 2.20. The Morgan fingerprint density at radius 3 is 2.31 bits per heavy atom. The summed E-state index contributed by atoms with van der Waals surface area (Å²) in [4.78, 5) is 0. The summed E-state index contributed by atoms with van der Waals surface area (Å²) in [5.41, 5.74) is 1.40. The number of halogens is 1. The van der Waals surface area contributed by atoms with Crippen LogP contribution in [0.3, 0.4) is 0 Å². The molecule has 0 aliphatic heterocycles. The monoisotopic (exact) mass is 283 g/mol. The number of benzene rings is 1. The molecule has 1 rings (SSSR count). The van der Waals surface area contributed by atoms with Gasteiger partial charge in [0.15, 0.2) is 0 Å². The minimum Gasteiger partial charge on any atom is -0.312 e. The summed E-state index contributed by atoms with van der Waals surface area (Å²) in [7, 11) is 0. The molecule has 0 fully saturated rings. The molecule has 0 aliphatic rings. The van der Waals surface area contributed by atoms with Crippen LogP contribution in [0.2, 0.25) is 0 Å². The van der Waals surface area contributed by atoms with Crippen molar-refractivity contribution in [1.29, 1.82) is 0 Å². The van der Waals surface area contributed by atoms with E-state index in [1.807, 2.05) is 0 Å². The Labute approximate surface area is 108 Å². The summed E-state index contributed by atoms with van der Waals surface area (Å²) >= 11 is 3.60. The van der Waals surface area contributed by atoms with Crippen molar-refractivity contribution in [2.75, 3.05) is 0 Å². The normalized spacial score (nSPS) is 15.1.